The van der Waals surface area contributed by atoms with Crippen LogP contribution >= 0.6 is 0 Å². The Balaban J connectivity index is 1.95. The first-order valence-corrected chi connectivity index (χ1v) is 6.74. The van der Waals surface area contributed by atoms with Crippen LogP contribution in [0.3, 0.4) is 0 Å². The number of hydrogen-bond acceptors (Lipinski definition) is 5. The largest absolute Gasteiger partial charge is 0.338 e. The van der Waals surface area contributed by atoms with Gasteiger partial charge in [0.1, 0.15) is 0 Å². The van der Waals surface area contributed by atoms with Gasteiger partial charge in [0.2, 0.25) is 5.89 Å². The SMILES string of the molecule is CC(C)(C)c1noc(CN2CCCC(CN)C2)n1. The number of piperidine rings is 1. The van der Waals surface area contributed by atoms with Gasteiger partial charge in [-0.05, 0) is 31.8 Å². The van der Waals surface area contributed by atoms with Crippen molar-refractivity contribution in [2.75, 3.05) is 19.6 Å². The molecular weight excluding hydrogens is 228 g/mol. The van der Waals surface area contributed by atoms with Crippen molar-refractivity contribution in [3.8, 4) is 0 Å². The van der Waals surface area contributed by atoms with Gasteiger partial charge in [-0.1, -0.05) is 25.9 Å². The fourth-order valence-electron chi connectivity index (χ4n) is 2.30. The summed E-state index contributed by atoms with van der Waals surface area (Å²) in [5.74, 6) is 2.12. The van der Waals surface area contributed by atoms with Crippen LogP contribution in [0.4, 0.5) is 0 Å². The minimum absolute atomic E-state index is 0.0521. The molecule has 1 fully saturated rings. The van der Waals surface area contributed by atoms with E-state index in [-0.39, 0.29) is 5.41 Å². The molecule has 2 heterocycles. The fraction of sp³-hybridized carbons (Fsp3) is 0.846. The summed E-state index contributed by atoms with van der Waals surface area (Å²) in [5.41, 5.74) is 5.69. The highest BCUT2D eigenvalue weighted by Gasteiger charge is 2.24. The number of nitrogens with two attached hydrogens (primary N) is 1. The molecule has 0 spiro atoms. The van der Waals surface area contributed by atoms with Crippen LogP contribution < -0.4 is 5.73 Å². The van der Waals surface area contributed by atoms with Crippen molar-refractivity contribution in [3.05, 3.63) is 11.7 Å². The molecule has 0 amide bonds. The molecule has 0 bridgehead atoms. The molecule has 0 radical (unpaired) electrons. The van der Waals surface area contributed by atoms with Gasteiger partial charge in [-0.25, -0.2) is 0 Å². The second-order valence-electron chi connectivity index (χ2n) is 6.24. The van der Waals surface area contributed by atoms with E-state index < -0.39 is 0 Å². The van der Waals surface area contributed by atoms with Crippen LogP contribution in [0, 0.1) is 5.92 Å². The van der Waals surface area contributed by atoms with Crippen molar-refractivity contribution >= 4 is 0 Å². The summed E-state index contributed by atoms with van der Waals surface area (Å²) in [6.45, 7) is 9.94. The quantitative estimate of drug-likeness (QED) is 0.883. The molecule has 0 aliphatic carbocycles. The van der Waals surface area contributed by atoms with Crippen molar-refractivity contribution in [1.82, 2.24) is 15.0 Å². The molecule has 2 N–H and O–H groups in total. The third-order valence-electron chi connectivity index (χ3n) is 3.43. The number of rotatable bonds is 3. The smallest absolute Gasteiger partial charge is 0.240 e. The van der Waals surface area contributed by atoms with Crippen LogP contribution in [0.15, 0.2) is 4.52 Å². The Morgan fingerprint density at radius 1 is 1.44 bits per heavy atom. The number of likely N-dealkylation sites (tertiary alicyclic amines) is 1. The lowest BCUT2D eigenvalue weighted by Gasteiger charge is -2.30. The van der Waals surface area contributed by atoms with Crippen LogP contribution in [-0.4, -0.2) is 34.7 Å². The topological polar surface area (TPSA) is 68.2 Å². The minimum atomic E-state index is -0.0521. The zero-order valence-corrected chi connectivity index (χ0v) is 11.6. The highest BCUT2D eigenvalue weighted by Crippen LogP contribution is 2.20. The Kier molecular flexibility index (Phi) is 4.02. The second kappa shape index (κ2) is 5.36. The average molecular weight is 252 g/mol. The third kappa shape index (κ3) is 3.29. The molecule has 0 aromatic carbocycles. The van der Waals surface area contributed by atoms with E-state index in [1.165, 1.54) is 12.8 Å². The summed E-state index contributed by atoms with van der Waals surface area (Å²) in [5, 5.41) is 4.05. The Hall–Kier alpha value is -0.940. The van der Waals surface area contributed by atoms with Gasteiger partial charge in [0.15, 0.2) is 5.82 Å². The molecule has 5 heteroatoms. The van der Waals surface area contributed by atoms with Crippen molar-refractivity contribution in [2.45, 2.75) is 45.6 Å². The van der Waals surface area contributed by atoms with Crippen LogP contribution in [-0.2, 0) is 12.0 Å². The lowest BCUT2D eigenvalue weighted by atomic mass is 9.96. The van der Waals surface area contributed by atoms with E-state index in [1.807, 2.05) is 0 Å². The van der Waals surface area contributed by atoms with Gasteiger partial charge in [0.05, 0.1) is 6.54 Å². The van der Waals surface area contributed by atoms with E-state index in [0.717, 1.165) is 37.9 Å². The van der Waals surface area contributed by atoms with Gasteiger partial charge < -0.3 is 10.3 Å². The molecule has 1 aromatic rings. The maximum absolute atomic E-state index is 5.74. The van der Waals surface area contributed by atoms with Crippen molar-refractivity contribution < 1.29 is 4.52 Å². The number of aromatic nitrogens is 2. The molecule has 1 atom stereocenters. The second-order valence-corrected chi connectivity index (χ2v) is 6.24. The molecule has 18 heavy (non-hydrogen) atoms. The summed E-state index contributed by atoms with van der Waals surface area (Å²) in [6.07, 6.45) is 2.45. The zero-order chi connectivity index (χ0) is 13.2. The molecule has 1 unspecified atom stereocenters. The predicted molar refractivity (Wildman–Crippen MR) is 70.1 cm³/mol. The van der Waals surface area contributed by atoms with Crippen molar-refractivity contribution in [2.24, 2.45) is 11.7 Å². The lowest BCUT2D eigenvalue weighted by Crippen LogP contribution is -2.37. The Morgan fingerprint density at radius 2 is 2.22 bits per heavy atom. The van der Waals surface area contributed by atoms with E-state index in [0.29, 0.717) is 5.92 Å². The van der Waals surface area contributed by atoms with Gasteiger partial charge in [-0.2, -0.15) is 4.98 Å². The van der Waals surface area contributed by atoms with Gasteiger partial charge in [-0.3, -0.25) is 4.90 Å². The zero-order valence-electron chi connectivity index (χ0n) is 11.6. The summed E-state index contributed by atoms with van der Waals surface area (Å²) in [6, 6.07) is 0. The molecule has 1 aromatic heterocycles. The molecule has 0 saturated carbocycles. The molecule has 1 aliphatic heterocycles. The fourth-order valence-corrected chi connectivity index (χ4v) is 2.30. The molecular formula is C13H24N4O. The molecule has 5 nitrogen and oxygen atoms in total. The molecule has 1 saturated heterocycles. The molecule has 102 valence electrons. The van der Waals surface area contributed by atoms with Gasteiger partial charge in [0, 0.05) is 12.0 Å². The van der Waals surface area contributed by atoms with E-state index in [2.05, 4.69) is 35.8 Å². The highest BCUT2D eigenvalue weighted by atomic mass is 16.5. The monoisotopic (exact) mass is 252 g/mol. The minimum Gasteiger partial charge on any atom is -0.338 e. The predicted octanol–water partition coefficient (Wildman–Crippen LogP) is 1.54. The Morgan fingerprint density at radius 3 is 2.83 bits per heavy atom. The van der Waals surface area contributed by atoms with E-state index in [4.69, 9.17) is 10.3 Å². The Bertz CT molecular complexity index is 383. The third-order valence-corrected chi connectivity index (χ3v) is 3.43. The van der Waals surface area contributed by atoms with Crippen molar-refractivity contribution in [3.63, 3.8) is 0 Å². The summed E-state index contributed by atoms with van der Waals surface area (Å²) in [7, 11) is 0. The highest BCUT2D eigenvalue weighted by molar-refractivity contribution is 5.00. The average Bonchev–Trinajstić information content (AvgIpc) is 2.77. The van der Waals surface area contributed by atoms with Crippen LogP contribution in [0.25, 0.3) is 0 Å². The van der Waals surface area contributed by atoms with E-state index in [9.17, 15) is 0 Å². The van der Waals surface area contributed by atoms with Crippen LogP contribution in [0.2, 0.25) is 0 Å². The number of hydrogen-bond donors (Lipinski definition) is 1. The first kappa shape index (κ1) is 13.5. The maximum Gasteiger partial charge on any atom is 0.240 e. The first-order valence-electron chi connectivity index (χ1n) is 6.74. The summed E-state index contributed by atoms with van der Waals surface area (Å²) < 4.78 is 5.33. The maximum atomic E-state index is 5.74. The van der Waals surface area contributed by atoms with Gasteiger partial charge in [-0.15, -0.1) is 0 Å². The summed E-state index contributed by atoms with van der Waals surface area (Å²) >= 11 is 0. The van der Waals surface area contributed by atoms with Crippen LogP contribution in [0.5, 0.6) is 0 Å². The standard InChI is InChI=1S/C13H24N4O/c1-13(2,3)12-15-11(18-16-12)9-17-6-4-5-10(7-14)8-17/h10H,4-9,14H2,1-3H3. The lowest BCUT2D eigenvalue weighted by molar-refractivity contribution is 0.153. The van der Waals surface area contributed by atoms with Crippen molar-refractivity contribution in [1.29, 1.82) is 0 Å². The van der Waals surface area contributed by atoms with Crippen LogP contribution in [0.1, 0.15) is 45.3 Å². The Labute approximate surface area is 109 Å². The van der Waals surface area contributed by atoms with E-state index >= 15 is 0 Å². The first-order chi connectivity index (χ1) is 8.49. The van der Waals surface area contributed by atoms with Gasteiger partial charge >= 0.3 is 0 Å². The normalized spacial score (nSPS) is 22.3. The molecule has 2 rings (SSSR count). The summed E-state index contributed by atoms with van der Waals surface area (Å²) in [4.78, 5) is 6.84. The molecule has 1 aliphatic rings. The number of nitrogens with zero attached hydrogens (tertiary/aromatic N) is 3. The van der Waals surface area contributed by atoms with Gasteiger partial charge in [0.25, 0.3) is 0 Å². The van der Waals surface area contributed by atoms with E-state index in [1.54, 1.807) is 0 Å².